The van der Waals surface area contributed by atoms with Gasteiger partial charge in [-0.1, -0.05) is 50.1 Å². The fraction of sp³-hybridized carbons (Fsp3) is 0.435. The van der Waals surface area contributed by atoms with Crippen LogP contribution in [0, 0.1) is 6.92 Å². The van der Waals surface area contributed by atoms with Crippen molar-refractivity contribution in [3.63, 3.8) is 0 Å². The summed E-state index contributed by atoms with van der Waals surface area (Å²) in [5.74, 6) is 0.993. The van der Waals surface area contributed by atoms with Crippen LogP contribution in [0.3, 0.4) is 0 Å². The molecule has 26 heavy (non-hydrogen) atoms. The summed E-state index contributed by atoms with van der Waals surface area (Å²) in [6.45, 7) is 6.20. The predicted molar refractivity (Wildman–Crippen MR) is 107 cm³/mol. The van der Waals surface area contributed by atoms with Gasteiger partial charge in [-0.05, 0) is 62.4 Å². The minimum absolute atomic E-state index is 0.108. The van der Waals surface area contributed by atoms with E-state index in [4.69, 9.17) is 4.74 Å². The summed E-state index contributed by atoms with van der Waals surface area (Å²) in [5, 5.41) is 3.16. The van der Waals surface area contributed by atoms with Crippen LogP contribution in [0.4, 0.5) is 5.69 Å². The van der Waals surface area contributed by atoms with Gasteiger partial charge in [-0.2, -0.15) is 0 Å². The molecule has 3 nitrogen and oxygen atoms in total. The van der Waals surface area contributed by atoms with Gasteiger partial charge in [0.1, 0.15) is 5.75 Å². The lowest BCUT2D eigenvalue weighted by molar-refractivity contribution is -0.121. The average Bonchev–Trinajstić information content (AvgIpc) is 3.16. The SMILES string of the molecule is CC[C@H](C)Oc1ccc(NC(=O)C2(c3ccccc3)CCCC2)cc1C. The summed E-state index contributed by atoms with van der Waals surface area (Å²) < 4.78 is 5.93. The molecule has 1 atom stereocenters. The highest BCUT2D eigenvalue weighted by atomic mass is 16.5. The summed E-state index contributed by atoms with van der Waals surface area (Å²) in [6, 6.07) is 16.1. The molecule has 1 N–H and O–H groups in total. The smallest absolute Gasteiger partial charge is 0.235 e. The molecule has 3 heteroatoms. The number of aryl methyl sites for hydroxylation is 1. The van der Waals surface area contributed by atoms with E-state index < -0.39 is 5.41 Å². The number of nitrogens with one attached hydrogen (secondary N) is 1. The molecular weight excluding hydrogens is 322 g/mol. The van der Waals surface area contributed by atoms with Gasteiger partial charge in [-0.3, -0.25) is 4.79 Å². The number of carbonyl (C=O) groups is 1. The van der Waals surface area contributed by atoms with Crippen LogP contribution in [0.2, 0.25) is 0 Å². The maximum Gasteiger partial charge on any atom is 0.235 e. The van der Waals surface area contributed by atoms with E-state index in [1.54, 1.807) is 0 Å². The van der Waals surface area contributed by atoms with Crippen molar-refractivity contribution in [3.05, 3.63) is 59.7 Å². The Kier molecular flexibility index (Phi) is 5.65. The van der Waals surface area contributed by atoms with Crippen molar-refractivity contribution in [2.45, 2.75) is 64.4 Å². The Labute approximate surface area is 156 Å². The maximum absolute atomic E-state index is 13.2. The van der Waals surface area contributed by atoms with Gasteiger partial charge >= 0.3 is 0 Å². The largest absolute Gasteiger partial charge is 0.490 e. The van der Waals surface area contributed by atoms with Crippen LogP contribution >= 0.6 is 0 Å². The fourth-order valence-electron chi connectivity index (χ4n) is 3.79. The van der Waals surface area contributed by atoms with E-state index in [2.05, 4.69) is 31.3 Å². The molecule has 0 spiro atoms. The number of ether oxygens (including phenoxy) is 1. The van der Waals surface area contributed by atoms with E-state index in [-0.39, 0.29) is 12.0 Å². The van der Waals surface area contributed by atoms with Crippen LogP contribution < -0.4 is 10.1 Å². The molecule has 138 valence electrons. The summed E-state index contributed by atoms with van der Waals surface area (Å²) >= 11 is 0. The first-order chi connectivity index (χ1) is 12.5. The van der Waals surface area contributed by atoms with Crippen molar-refractivity contribution in [1.29, 1.82) is 0 Å². The maximum atomic E-state index is 13.2. The minimum atomic E-state index is -0.402. The first-order valence-electron chi connectivity index (χ1n) is 9.69. The molecular formula is C23H29NO2. The molecule has 2 aromatic carbocycles. The number of hydrogen-bond acceptors (Lipinski definition) is 2. The summed E-state index contributed by atoms with van der Waals surface area (Å²) in [6.07, 6.45) is 5.19. The highest BCUT2D eigenvalue weighted by molar-refractivity contribution is 5.99. The van der Waals surface area contributed by atoms with Crippen LogP contribution in [0.25, 0.3) is 0 Å². The normalized spacial score (nSPS) is 16.9. The first-order valence-corrected chi connectivity index (χ1v) is 9.69. The Hall–Kier alpha value is -2.29. The predicted octanol–water partition coefficient (Wildman–Crippen LogP) is 5.62. The van der Waals surface area contributed by atoms with Crippen LogP contribution in [-0.2, 0) is 10.2 Å². The zero-order chi connectivity index (χ0) is 18.6. The lowest BCUT2D eigenvalue weighted by Crippen LogP contribution is -2.37. The van der Waals surface area contributed by atoms with E-state index in [9.17, 15) is 4.79 Å². The second-order valence-corrected chi connectivity index (χ2v) is 7.43. The van der Waals surface area contributed by atoms with Crippen molar-refractivity contribution in [2.75, 3.05) is 5.32 Å². The quantitative estimate of drug-likeness (QED) is 0.733. The third-order valence-corrected chi connectivity index (χ3v) is 5.55. The molecule has 0 unspecified atom stereocenters. The Morgan fingerprint density at radius 3 is 2.46 bits per heavy atom. The van der Waals surface area contributed by atoms with Gasteiger partial charge in [0, 0.05) is 5.69 Å². The topological polar surface area (TPSA) is 38.3 Å². The number of carbonyl (C=O) groups excluding carboxylic acids is 1. The number of hydrogen-bond donors (Lipinski definition) is 1. The molecule has 1 saturated carbocycles. The van der Waals surface area contributed by atoms with Gasteiger partial charge in [-0.15, -0.1) is 0 Å². The van der Waals surface area contributed by atoms with E-state index in [1.807, 2.05) is 43.3 Å². The molecule has 1 fully saturated rings. The first kappa shape index (κ1) is 18.5. The van der Waals surface area contributed by atoms with Crippen LogP contribution in [0.15, 0.2) is 48.5 Å². The molecule has 1 aliphatic rings. The Bertz CT molecular complexity index is 748. The molecule has 1 amide bonds. The lowest BCUT2D eigenvalue weighted by atomic mass is 9.78. The molecule has 0 heterocycles. The Morgan fingerprint density at radius 2 is 1.85 bits per heavy atom. The van der Waals surface area contributed by atoms with E-state index in [0.717, 1.165) is 54.7 Å². The van der Waals surface area contributed by atoms with Gasteiger partial charge in [-0.25, -0.2) is 0 Å². The molecule has 0 saturated heterocycles. The van der Waals surface area contributed by atoms with Crippen molar-refractivity contribution < 1.29 is 9.53 Å². The zero-order valence-corrected chi connectivity index (χ0v) is 16.0. The van der Waals surface area contributed by atoms with Gasteiger partial charge < -0.3 is 10.1 Å². The number of rotatable bonds is 6. The van der Waals surface area contributed by atoms with Gasteiger partial charge in [0.25, 0.3) is 0 Å². The standard InChI is InChI=1S/C23H29NO2/c1-4-18(3)26-21-13-12-20(16-17(21)2)24-22(25)23(14-8-9-15-23)19-10-6-5-7-11-19/h5-7,10-13,16,18H,4,8-9,14-15H2,1-3H3,(H,24,25)/t18-/m0/s1. The van der Waals surface area contributed by atoms with Crippen LogP contribution in [0.5, 0.6) is 5.75 Å². The second-order valence-electron chi connectivity index (χ2n) is 7.43. The highest BCUT2D eigenvalue weighted by Crippen LogP contribution is 2.42. The third kappa shape index (κ3) is 3.77. The van der Waals surface area contributed by atoms with Gasteiger partial charge in [0.2, 0.25) is 5.91 Å². The van der Waals surface area contributed by atoms with Gasteiger partial charge in [0.05, 0.1) is 11.5 Å². The average molecular weight is 351 g/mol. The van der Waals surface area contributed by atoms with Gasteiger partial charge in [0.15, 0.2) is 0 Å². The van der Waals surface area contributed by atoms with E-state index >= 15 is 0 Å². The van der Waals surface area contributed by atoms with E-state index in [0.29, 0.717) is 0 Å². The minimum Gasteiger partial charge on any atom is -0.490 e. The van der Waals surface area contributed by atoms with Crippen LogP contribution in [0.1, 0.15) is 57.1 Å². The zero-order valence-electron chi connectivity index (χ0n) is 16.0. The Balaban J connectivity index is 1.79. The molecule has 0 radical (unpaired) electrons. The monoisotopic (exact) mass is 351 g/mol. The van der Waals surface area contributed by atoms with Crippen molar-refractivity contribution in [3.8, 4) is 5.75 Å². The van der Waals surface area contributed by atoms with Crippen molar-refractivity contribution in [1.82, 2.24) is 0 Å². The third-order valence-electron chi connectivity index (χ3n) is 5.55. The number of anilines is 1. The number of amides is 1. The molecule has 1 aliphatic carbocycles. The number of benzene rings is 2. The molecule has 0 bridgehead atoms. The summed E-state index contributed by atoms with van der Waals surface area (Å²) in [7, 11) is 0. The highest BCUT2D eigenvalue weighted by Gasteiger charge is 2.42. The van der Waals surface area contributed by atoms with Crippen LogP contribution in [-0.4, -0.2) is 12.0 Å². The van der Waals surface area contributed by atoms with Crippen molar-refractivity contribution >= 4 is 11.6 Å². The molecule has 2 aromatic rings. The second kappa shape index (κ2) is 7.94. The van der Waals surface area contributed by atoms with Crippen molar-refractivity contribution in [2.24, 2.45) is 0 Å². The molecule has 0 aromatic heterocycles. The molecule has 0 aliphatic heterocycles. The summed E-state index contributed by atoms with van der Waals surface area (Å²) in [5.41, 5.74) is 2.61. The molecule has 3 rings (SSSR count). The fourth-order valence-corrected chi connectivity index (χ4v) is 3.79. The Morgan fingerprint density at radius 1 is 1.15 bits per heavy atom. The summed E-state index contributed by atoms with van der Waals surface area (Å²) in [4.78, 5) is 13.2. The lowest BCUT2D eigenvalue weighted by Gasteiger charge is -2.28. The van der Waals surface area contributed by atoms with E-state index in [1.165, 1.54) is 0 Å².